The molecule has 1 atom stereocenters. The van der Waals surface area contributed by atoms with Gasteiger partial charge in [-0.05, 0) is 45.3 Å². The van der Waals surface area contributed by atoms with Gasteiger partial charge in [0.25, 0.3) is 0 Å². The van der Waals surface area contributed by atoms with Crippen LogP contribution in [0.25, 0.3) is 0 Å². The van der Waals surface area contributed by atoms with E-state index in [1.54, 1.807) is 0 Å². The Balaban J connectivity index is 1.70. The molecule has 0 aromatic heterocycles. The molecule has 100 valence electrons. The molecule has 0 amide bonds. The summed E-state index contributed by atoms with van der Waals surface area (Å²) in [6.45, 7) is 5.69. The highest BCUT2D eigenvalue weighted by Gasteiger charge is 2.14. The van der Waals surface area contributed by atoms with Gasteiger partial charge in [-0.2, -0.15) is 0 Å². The molecule has 1 saturated heterocycles. The van der Waals surface area contributed by atoms with Crippen molar-refractivity contribution in [3.05, 3.63) is 35.4 Å². The van der Waals surface area contributed by atoms with Gasteiger partial charge in [0.15, 0.2) is 0 Å². The average molecular weight is 246 g/mol. The van der Waals surface area contributed by atoms with E-state index in [2.05, 4.69) is 48.5 Å². The van der Waals surface area contributed by atoms with Crippen molar-refractivity contribution in [2.75, 3.05) is 26.7 Å². The van der Waals surface area contributed by atoms with Crippen molar-refractivity contribution in [2.45, 2.75) is 38.6 Å². The summed E-state index contributed by atoms with van der Waals surface area (Å²) in [7, 11) is 2.24. The maximum Gasteiger partial charge on any atom is 0.0194 e. The summed E-state index contributed by atoms with van der Waals surface area (Å²) in [4.78, 5) is 2.46. The molecule has 2 heteroatoms. The first kappa shape index (κ1) is 13.6. The highest BCUT2D eigenvalue weighted by atomic mass is 15.1. The Labute approximate surface area is 111 Å². The number of hydrogen-bond acceptors (Lipinski definition) is 2. The van der Waals surface area contributed by atoms with Gasteiger partial charge in [-0.1, -0.05) is 36.2 Å². The minimum Gasteiger partial charge on any atom is -0.313 e. The Morgan fingerprint density at radius 3 is 2.67 bits per heavy atom. The topological polar surface area (TPSA) is 15.3 Å². The summed E-state index contributed by atoms with van der Waals surface area (Å²) >= 11 is 0. The molecule has 0 aliphatic carbocycles. The van der Waals surface area contributed by atoms with Gasteiger partial charge in [0, 0.05) is 19.1 Å². The van der Waals surface area contributed by atoms with Gasteiger partial charge in [-0.15, -0.1) is 0 Å². The molecule has 1 heterocycles. The first-order valence-electron chi connectivity index (χ1n) is 7.21. The number of likely N-dealkylation sites (N-methyl/N-ethyl adjacent to an activating group) is 1. The minimum absolute atomic E-state index is 0.710. The van der Waals surface area contributed by atoms with Crippen molar-refractivity contribution >= 4 is 0 Å². The molecular weight excluding hydrogens is 220 g/mol. The third-order valence-electron chi connectivity index (χ3n) is 3.85. The van der Waals surface area contributed by atoms with Crippen LogP contribution in [0.15, 0.2) is 24.3 Å². The van der Waals surface area contributed by atoms with E-state index in [1.807, 2.05) is 0 Å². The van der Waals surface area contributed by atoms with E-state index >= 15 is 0 Å². The molecule has 1 aliphatic rings. The molecule has 2 rings (SSSR count). The molecule has 1 fully saturated rings. The second kappa shape index (κ2) is 6.91. The number of rotatable bonds is 5. The third kappa shape index (κ3) is 4.43. The van der Waals surface area contributed by atoms with E-state index in [-0.39, 0.29) is 0 Å². The van der Waals surface area contributed by atoms with Crippen LogP contribution in [0.3, 0.4) is 0 Å². The molecule has 0 radical (unpaired) electrons. The molecule has 0 bridgehead atoms. The SMILES string of the molecule is Cc1ccc(CCN(C)CC2CCCCN2)cc1. The molecule has 0 saturated carbocycles. The van der Waals surface area contributed by atoms with Crippen LogP contribution in [0.1, 0.15) is 30.4 Å². The fourth-order valence-electron chi connectivity index (χ4n) is 2.62. The third-order valence-corrected chi connectivity index (χ3v) is 3.85. The quantitative estimate of drug-likeness (QED) is 0.859. The Hall–Kier alpha value is -0.860. The summed E-state index contributed by atoms with van der Waals surface area (Å²) in [5, 5.41) is 3.61. The average Bonchev–Trinajstić information content (AvgIpc) is 2.39. The van der Waals surface area contributed by atoms with Crippen molar-refractivity contribution in [1.82, 2.24) is 10.2 Å². The fourth-order valence-corrected chi connectivity index (χ4v) is 2.62. The Morgan fingerprint density at radius 1 is 1.22 bits per heavy atom. The number of aryl methyl sites for hydroxylation is 1. The second-order valence-corrected chi connectivity index (χ2v) is 5.64. The number of nitrogens with zero attached hydrogens (tertiary/aromatic N) is 1. The number of hydrogen-bond donors (Lipinski definition) is 1. The summed E-state index contributed by atoms with van der Waals surface area (Å²) in [6.07, 6.45) is 5.24. The standard InChI is InChI=1S/C16H26N2/c1-14-6-8-15(9-7-14)10-12-18(2)13-16-5-3-4-11-17-16/h6-9,16-17H,3-5,10-13H2,1-2H3. The van der Waals surface area contributed by atoms with Gasteiger partial charge in [0.1, 0.15) is 0 Å². The van der Waals surface area contributed by atoms with Crippen LogP contribution in [0.4, 0.5) is 0 Å². The van der Waals surface area contributed by atoms with E-state index in [4.69, 9.17) is 0 Å². The van der Waals surface area contributed by atoms with Gasteiger partial charge in [-0.25, -0.2) is 0 Å². The van der Waals surface area contributed by atoms with Gasteiger partial charge < -0.3 is 10.2 Å². The van der Waals surface area contributed by atoms with Crippen molar-refractivity contribution in [3.8, 4) is 0 Å². The minimum atomic E-state index is 0.710. The van der Waals surface area contributed by atoms with Crippen molar-refractivity contribution < 1.29 is 0 Å². The van der Waals surface area contributed by atoms with Crippen LogP contribution >= 0.6 is 0 Å². The Morgan fingerprint density at radius 2 is 2.00 bits per heavy atom. The van der Waals surface area contributed by atoms with E-state index in [9.17, 15) is 0 Å². The fraction of sp³-hybridized carbons (Fsp3) is 0.625. The maximum atomic E-state index is 3.61. The molecule has 1 aromatic rings. The van der Waals surface area contributed by atoms with Gasteiger partial charge in [0.2, 0.25) is 0 Å². The van der Waals surface area contributed by atoms with Crippen molar-refractivity contribution in [3.63, 3.8) is 0 Å². The molecule has 0 spiro atoms. The molecule has 18 heavy (non-hydrogen) atoms. The molecule has 1 N–H and O–H groups in total. The van der Waals surface area contributed by atoms with Crippen molar-refractivity contribution in [2.24, 2.45) is 0 Å². The summed E-state index contributed by atoms with van der Waals surface area (Å²) < 4.78 is 0. The normalized spacial score (nSPS) is 20.3. The number of benzene rings is 1. The highest BCUT2D eigenvalue weighted by Crippen LogP contribution is 2.09. The number of nitrogens with one attached hydrogen (secondary N) is 1. The van der Waals surface area contributed by atoms with Gasteiger partial charge in [-0.3, -0.25) is 0 Å². The van der Waals surface area contributed by atoms with Gasteiger partial charge >= 0.3 is 0 Å². The first-order valence-corrected chi connectivity index (χ1v) is 7.21. The van der Waals surface area contributed by atoms with Crippen LogP contribution in [0.2, 0.25) is 0 Å². The monoisotopic (exact) mass is 246 g/mol. The van der Waals surface area contributed by atoms with Crippen molar-refractivity contribution in [1.29, 1.82) is 0 Å². The lowest BCUT2D eigenvalue weighted by atomic mass is 10.0. The summed E-state index contributed by atoms with van der Waals surface area (Å²) in [5.74, 6) is 0. The van der Waals surface area contributed by atoms with Crippen LogP contribution < -0.4 is 5.32 Å². The zero-order valence-electron chi connectivity index (χ0n) is 11.8. The predicted octanol–water partition coefficient (Wildman–Crippen LogP) is 2.61. The summed E-state index contributed by atoms with van der Waals surface area (Å²) in [5.41, 5.74) is 2.79. The molecule has 1 aromatic carbocycles. The zero-order chi connectivity index (χ0) is 12.8. The van der Waals surface area contributed by atoms with Crippen LogP contribution in [0, 0.1) is 6.92 Å². The summed E-state index contributed by atoms with van der Waals surface area (Å²) in [6, 6.07) is 9.63. The number of piperidine rings is 1. The highest BCUT2D eigenvalue weighted by molar-refractivity contribution is 5.21. The second-order valence-electron chi connectivity index (χ2n) is 5.64. The maximum absolute atomic E-state index is 3.61. The Bertz CT molecular complexity index is 339. The molecular formula is C16H26N2. The first-order chi connectivity index (χ1) is 8.74. The predicted molar refractivity (Wildman–Crippen MR) is 78.0 cm³/mol. The molecule has 1 aliphatic heterocycles. The van der Waals surface area contributed by atoms with E-state index in [0.29, 0.717) is 6.04 Å². The van der Waals surface area contributed by atoms with Crippen LogP contribution in [-0.2, 0) is 6.42 Å². The smallest absolute Gasteiger partial charge is 0.0194 e. The molecule has 1 unspecified atom stereocenters. The van der Waals surface area contributed by atoms with Gasteiger partial charge in [0.05, 0.1) is 0 Å². The zero-order valence-corrected chi connectivity index (χ0v) is 11.8. The van der Waals surface area contributed by atoms with E-state index < -0.39 is 0 Å². The Kier molecular flexibility index (Phi) is 5.21. The molecule has 2 nitrogen and oxygen atoms in total. The lowest BCUT2D eigenvalue weighted by molar-refractivity contribution is 0.264. The largest absolute Gasteiger partial charge is 0.313 e. The lowest BCUT2D eigenvalue weighted by Crippen LogP contribution is -2.42. The van der Waals surface area contributed by atoms with Crippen LogP contribution in [0.5, 0.6) is 0 Å². The van der Waals surface area contributed by atoms with E-state index in [0.717, 1.165) is 13.0 Å². The van der Waals surface area contributed by atoms with Crippen LogP contribution in [-0.4, -0.2) is 37.6 Å². The lowest BCUT2D eigenvalue weighted by Gasteiger charge is -2.28. The van der Waals surface area contributed by atoms with E-state index in [1.165, 1.54) is 43.5 Å².